The monoisotopic (exact) mass is 437 g/mol. The Morgan fingerprint density at radius 1 is 1.06 bits per heavy atom. The summed E-state index contributed by atoms with van der Waals surface area (Å²) in [6.45, 7) is 3.92. The van der Waals surface area contributed by atoms with Gasteiger partial charge < -0.3 is 11.1 Å². The van der Waals surface area contributed by atoms with Crippen LogP contribution in [-0.2, 0) is 6.42 Å². The lowest BCUT2D eigenvalue weighted by Crippen LogP contribution is -2.04. The molecule has 0 bridgehead atoms. The molecule has 0 atom stereocenters. The van der Waals surface area contributed by atoms with Crippen molar-refractivity contribution in [2.75, 3.05) is 11.1 Å². The zero-order valence-corrected chi connectivity index (χ0v) is 18.1. The van der Waals surface area contributed by atoms with Gasteiger partial charge in [0, 0.05) is 23.6 Å². The molecule has 0 aliphatic heterocycles. The molecular weight excluding hydrogens is 417 g/mol. The number of anilines is 3. The first-order valence-corrected chi connectivity index (χ1v) is 10.3. The molecule has 33 heavy (non-hydrogen) atoms. The van der Waals surface area contributed by atoms with Crippen molar-refractivity contribution in [1.29, 1.82) is 10.5 Å². The fourth-order valence-corrected chi connectivity index (χ4v) is 3.94. The van der Waals surface area contributed by atoms with Gasteiger partial charge in [-0.05, 0) is 66.8 Å². The highest BCUT2D eigenvalue weighted by atomic mass is 19.1. The van der Waals surface area contributed by atoms with E-state index in [0.29, 0.717) is 40.7 Å². The molecule has 8 heteroatoms. The normalized spacial score (nSPS) is 10.6. The molecule has 0 saturated carbocycles. The van der Waals surface area contributed by atoms with Crippen LogP contribution in [0.5, 0.6) is 0 Å². The summed E-state index contributed by atoms with van der Waals surface area (Å²) in [4.78, 5) is 13.1. The van der Waals surface area contributed by atoms with Crippen molar-refractivity contribution in [3.8, 4) is 23.3 Å². The second-order valence-electron chi connectivity index (χ2n) is 7.71. The second kappa shape index (κ2) is 8.89. The van der Waals surface area contributed by atoms with Gasteiger partial charge in [0.25, 0.3) is 0 Å². The molecule has 4 rings (SSSR count). The van der Waals surface area contributed by atoms with Crippen LogP contribution in [0.4, 0.5) is 22.0 Å². The van der Waals surface area contributed by atoms with Crippen LogP contribution in [0.2, 0.25) is 0 Å². The van der Waals surface area contributed by atoms with E-state index in [1.54, 1.807) is 12.1 Å². The van der Waals surface area contributed by atoms with Gasteiger partial charge in [0.05, 0.1) is 17.1 Å². The molecule has 2 aromatic carbocycles. The van der Waals surface area contributed by atoms with E-state index in [-0.39, 0.29) is 11.8 Å². The number of nitrogens with zero attached hydrogens (tertiary/aromatic N) is 5. The van der Waals surface area contributed by atoms with Crippen molar-refractivity contribution in [3.63, 3.8) is 0 Å². The molecular formula is C25H20FN7. The number of hydrogen-bond donors (Lipinski definition) is 2. The first-order chi connectivity index (χ1) is 15.9. The van der Waals surface area contributed by atoms with Crippen LogP contribution >= 0.6 is 0 Å². The topological polar surface area (TPSA) is 124 Å². The first-order valence-electron chi connectivity index (χ1n) is 10.3. The van der Waals surface area contributed by atoms with Crippen LogP contribution < -0.4 is 11.1 Å². The fourth-order valence-electron chi connectivity index (χ4n) is 3.94. The minimum Gasteiger partial charge on any atom is -0.383 e. The summed E-state index contributed by atoms with van der Waals surface area (Å²) >= 11 is 0. The van der Waals surface area contributed by atoms with Crippen LogP contribution in [0.25, 0.3) is 22.0 Å². The highest BCUT2D eigenvalue weighted by Crippen LogP contribution is 2.36. The second-order valence-corrected chi connectivity index (χ2v) is 7.71. The fraction of sp³-hybridized carbons (Fsp3) is 0.160. The van der Waals surface area contributed by atoms with Gasteiger partial charge in [-0.1, -0.05) is 12.1 Å². The number of aromatic nitrogens is 3. The maximum atomic E-state index is 14.6. The number of nitriles is 2. The third-order valence-corrected chi connectivity index (χ3v) is 5.31. The number of pyridine rings is 1. The predicted octanol–water partition coefficient (Wildman–Crippen LogP) is 5.10. The van der Waals surface area contributed by atoms with Crippen molar-refractivity contribution >= 4 is 28.5 Å². The predicted molar refractivity (Wildman–Crippen MR) is 125 cm³/mol. The highest BCUT2D eigenvalue weighted by Gasteiger charge is 2.17. The lowest BCUT2D eigenvalue weighted by molar-refractivity contribution is 0.630. The molecule has 0 aliphatic carbocycles. The average molecular weight is 437 g/mol. The Morgan fingerprint density at radius 3 is 2.45 bits per heavy atom. The van der Waals surface area contributed by atoms with E-state index in [1.165, 1.54) is 18.3 Å². The minimum absolute atomic E-state index is 0.137. The summed E-state index contributed by atoms with van der Waals surface area (Å²) in [5.41, 5.74) is 11.6. The van der Waals surface area contributed by atoms with E-state index in [2.05, 4.69) is 26.3 Å². The van der Waals surface area contributed by atoms with Crippen LogP contribution in [0, 0.1) is 42.3 Å². The first kappa shape index (κ1) is 21.7. The Balaban J connectivity index is 1.85. The molecule has 4 aromatic rings. The van der Waals surface area contributed by atoms with Crippen molar-refractivity contribution in [3.05, 3.63) is 70.7 Å². The average Bonchev–Trinajstić information content (AvgIpc) is 2.78. The SMILES string of the molecule is Cc1cc(CCC#N)cc(C)c1-c1cc(F)cc2c(N)nc(Nc3ccc(C#N)cn3)nc12. The molecule has 0 fully saturated rings. The zero-order valence-electron chi connectivity index (χ0n) is 18.1. The van der Waals surface area contributed by atoms with Crippen molar-refractivity contribution < 1.29 is 4.39 Å². The Labute approximate surface area is 190 Å². The van der Waals surface area contributed by atoms with Gasteiger partial charge in [-0.25, -0.2) is 14.4 Å². The van der Waals surface area contributed by atoms with Gasteiger partial charge in [0.15, 0.2) is 0 Å². The minimum atomic E-state index is -0.436. The molecule has 0 unspecified atom stereocenters. The molecule has 2 heterocycles. The number of rotatable bonds is 5. The van der Waals surface area contributed by atoms with Crippen LogP contribution in [0.1, 0.15) is 28.7 Å². The largest absolute Gasteiger partial charge is 0.383 e. The van der Waals surface area contributed by atoms with Gasteiger partial charge in [0.1, 0.15) is 23.5 Å². The summed E-state index contributed by atoms with van der Waals surface area (Å²) in [6.07, 6.45) is 2.53. The third-order valence-electron chi connectivity index (χ3n) is 5.31. The molecule has 0 aliphatic rings. The zero-order chi connectivity index (χ0) is 23.5. The van der Waals surface area contributed by atoms with Crippen LogP contribution in [0.15, 0.2) is 42.6 Å². The van der Waals surface area contributed by atoms with Gasteiger partial charge in [-0.2, -0.15) is 15.5 Å². The number of nitrogens with one attached hydrogen (secondary N) is 1. The Morgan fingerprint density at radius 2 is 1.82 bits per heavy atom. The number of fused-ring (bicyclic) bond motifs is 1. The number of benzene rings is 2. The third kappa shape index (κ3) is 4.41. The number of aryl methyl sites for hydroxylation is 3. The Hall–Kier alpha value is -4.56. The quantitative estimate of drug-likeness (QED) is 0.445. The maximum absolute atomic E-state index is 14.6. The summed E-state index contributed by atoms with van der Waals surface area (Å²) in [5, 5.41) is 21.2. The molecule has 162 valence electrons. The smallest absolute Gasteiger partial charge is 0.230 e. The Bertz CT molecular complexity index is 1420. The Kier molecular flexibility index (Phi) is 5.84. The number of nitrogen functional groups attached to an aromatic ring is 1. The summed E-state index contributed by atoms with van der Waals surface area (Å²) in [6, 6.07) is 14.2. The van der Waals surface area contributed by atoms with E-state index < -0.39 is 5.82 Å². The maximum Gasteiger partial charge on any atom is 0.230 e. The van der Waals surface area contributed by atoms with E-state index >= 15 is 0 Å². The summed E-state index contributed by atoms with van der Waals surface area (Å²) in [7, 11) is 0. The van der Waals surface area contributed by atoms with Crippen molar-refractivity contribution in [2.24, 2.45) is 0 Å². The van der Waals surface area contributed by atoms with E-state index in [1.807, 2.05) is 32.0 Å². The van der Waals surface area contributed by atoms with Gasteiger partial charge in [0.2, 0.25) is 5.95 Å². The molecule has 3 N–H and O–H groups in total. The molecule has 0 spiro atoms. The van der Waals surface area contributed by atoms with Crippen LogP contribution in [-0.4, -0.2) is 15.0 Å². The van der Waals surface area contributed by atoms with E-state index in [4.69, 9.17) is 16.3 Å². The molecule has 0 saturated heterocycles. The lowest BCUT2D eigenvalue weighted by Gasteiger charge is -2.16. The van der Waals surface area contributed by atoms with Crippen LogP contribution in [0.3, 0.4) is 0 Å². The molecule has 0 radical (unpaired) electrons. The lowest BCUT2D eigenvalue weighted by atomic mass is 9.91. The number of nitrogens with two attached hydrogens (primary N) is 1. The summed E-state index contributed by atoms with van der Waals surface area (Å²) < 4.78 is 14.6. The number of halogens is 1. The van der Waals surface area contributed by atoms with E-state index in [9.17, 15) is 4.39 Å². The van der Waals surface area contributed by atoms with Gasteiger partial charge in [-0.3, -0.25) is 0 Å². The molecule has 7 nitrogen and oxygen atoms in total. The highest BCUT2D eigenvalue weighted by molar-refractivity contribution is 6.00. The van der Waals surface area contributed by atoms with Gasteiger partial charge >= 0.3 is 0 Å². The molecule has 2 aromatic heterocycles. The van der Waals surface area contributed by atoms with Crippen molar-refractivity contribution in [2.45, 2.75) is 26.7 Å². The standard InChI is InChI=1S/C25H20FN7/c1-14-8-16(4-3-7-27)9-15(2)22(14)19-10-18(26)11-20-23(19)32-25(33-24(20)29)31-21-6-5-17(12-28)13-30-21/h5-6,8-11,13H,3-4H2,1-2H3,(H3,29,30,31,32,33). The van der Waals surface area contributed by atoms with Crippen molar-refractivity contribution in [1.82, 2.24) is 15.0 Å². The summed E-state index contributed by atoms with van der Waals surface area (Å²) in [5.74, 6) is 0.365. The van der Waals surface area contributed by atoms with Gasteiger partial charge in [-0.15, -0.1) is 0 Å². The molecule has 0 amide bonds. The van der Waals surface area contributed by atoms with E-state index in [0.717, 1.165) is 22.3 Å². The number of hydrogen-bond acceptors (Lipinski definition) is 7.